The Morgan fingerprint density at radius 3 is 1.07 bits per heavy atom. The monoisotopic (exact) mass is 1360 g/mol. The maximum absolute atomic E-state index is 2.75. The largest absolute Gasteiger partial charge is 0.311 e. The van der Waals surface area contributed by atoms with Crippen LogP contribution in [0, 0.1) is 0 Å². The van der Waals surface area contributed by atoms with Crippen molar-refractivity contribution in [1.82, 2.24) is 0 Å². The number of fused-ring (bicyclic) bond motifs is 12. The molecule has 104 heavy (non-hydrogen) atoms. The average molecular weight is 1360 g/mol. The van der Waals surface area contributed by atoms with Crippen molar-refractivity contribution in [3.63, 3.8) is 0 Å². The summed E-state index contributed by atoms with van der Waals surface area (Å²) in [7, 11) is 0. The van der Waals surface area contributed by atoms with Gasteiger partial charge in [0, 0.05) is 104 Å². The molecule has 17 aromatic rings. The van der Waals surface area contributed by atoms with Gasteiger partial charge >= 0.3 is 0 Å². The van der Waals surface area contributed by atoms with Crippen LogP contribution in [0.2, 0.25) is 0 Å². The summed E-state index contributed by atoms with van der Waals surface area (Å²) in [5.41, 5.74) is 30.6. The molecule has 0 bridgehead atoms. The van der Waals surface area contributed by atoms with Gasteiger partial charge in [0.2, 0.25) is 0 Å². The van der Waals surface area contributed by atoms with Crippen molar-refractivity contribution >= 4 is 173 Å². The summed E-state index contributed by atoms with van der Waals surface area (Å²) in [6.45, 7) is -0.396. The van der Waals surface area contributed by atoms with Gasteiger partial charge in [-0.2, -0.15) is 0 Å². The van der Waals surface area contributed by atoms with E-state index in [1.165, 1.54) is 108 Å². The van der Waals surface area contributed by atoms with Crippen LogP contribution in [-0.4, -0.2) is 13.4 Å². The summed E-state index contributed by atoms with van der Waals surface area (Å²) in [4.78, 5) is 12.8. The topological polar surface area (TPSA) is 16.2 Å². The predicted molar refractivity (Wildman–Crippen MR) is 445 cm³/mol. The van der Waals surface area contributed by atoms with Crippen molar-refractivity contribution < 1.29 is 0 Å². The van der Waals surface area contributed by atoms with Crippen LogP contribution in [-0.2, 0) is 0 Å². The Kier molecular flexibility index (Phi) is 14.2. The molecule has 0 N–H and O–H groups in total. The van der Waals surface area contributed by atoms with Crippen LogP contribution in [0.1, 0.15) is 22.6 Å². The highest BCUT2D eigenvalue weighted by Gasteiger charge is 2.51. The van der Waals surface area contributed by atoms with E-state index < -0.39 is 0 Å². The van der Waals surface area contributed by atoms with Gasteiger partial charge in [0.1, 0.15) is 0 Å². The number of hydrogen-bond donors (Lipinski definition) is 0. The normalized spacial score (nSPS) is 13.6. The third kappa shape index (κ3) is 9.47. The van der Waals surface area contributed by atoms with Crippen LogP contribution in [0.3, 0.4) is 0 Å². The Morgan fingerprint density at radius 1 is 0.269 bits per heavy atom. The van der Waals surface area contributed by atoms with E-state index in [0.717, 1.165) is 68.2 Å². The molecule has 0 spiro atoms. The van der Waals surface area contributed by atoms with E-state index in [-0.39, 0.29) is 19.3 Å². The summed E-state index contributed by atoms with van der Waals surface area (Å²) in [5.74, 6) is -0.346. The Balaban J connectivity index is 0.947. The van der Waals surface area contributed by atoms with Crippen molar-refractivity contribution in [1.29, 1.82) is 0 Å². The van der Waals surface area contributed by atoms with Crippen molar-refractivity contribution in [2.75, 3.05) is 24.5 Å². The quantitative estimate of drug-likeness (QED) is 0.113. The van der Waals surface area contributed by atoms with Crippen LogP contribution < -0.4 is 55.9 Å². The third-order valence-electron chi connectivity index (χ3n) is 21.7. The Bertz CT molecular complexity index is 6010. The maximum Gasteiger partial charge on any atom is 0.264 e. The molecule has 21 rings (SSSR count). The van der Waals surface area contributed by atoms with Crippen LogP contribution in [0.4, 0.5) is 85.3 Å². The van der Waals surface area contributed by atoms with Crippen LogP contribution >= 0.6 is 22.7 Å². The van der Waals surface area contributed by atoms with E-state index >= 15 is 0 Å². The molecule has 1 unspecified atom stereocenters. The summed E-state index contributed by atoms with van der Waals surface area (Å²) in [6, 6.07) is 141. The van der Waals surface area contributed by atoms with Gasteiger partial charge in [0.25, 0.3) is 13.4 Å². The Morgan fingerprint density at radius 2 is 0.625 bits per heavy atom. The highest BCUT2D eigenvalue weighted by atomic mass is 32.1. The number of rotatable bonds is 12. The Labute approximate surface area is 614 Å². The lowest BCUT2D eigenvalue weighted by molar-refractivity contribution is 0.987. The molecular formula is C95H63B2N5S2. The second-order valence-corrected chi connectivity index (χ2v) is 29.5. The van der Waals surface area contributed by atoms with E-state index in [1.54, 1.807) is 0 Å². The van der Waals surface area contributed by atoms with Gasteiger partial charge in [-0.25, -0.2) is 0 Å². The van der Waals surface area contributed by atoms with Crippen LogP contribution in [0.5, 0.6) is 0 Å². The molecule has 0 fully saturated rings. The summed E-state index contributed by atoms with van der Waals surface area (Å²) in [5, 5.41) is 2.48. The fourth-order valence-corrected chi connectivity index (χ4v) is 20.1. The van der Waals surface area contributed by atoms with Crippen molar-refractivity contribution in [2.24, 2.45) is 0 Å². The lowest BCUT2D eigenvalue weighted by Crippen LogP contribution is -2.65. The van der Waals surface area contributed by atoms with Gasteiger partial charge in [0.15, 0.2) is 0 Å². The van der Waals surface area contributed by atoms with Gasteiger partial charge in [0.05, 0.1) is 17.1 Å². The summed E-state index contributed by atoms with van der Waals surface area (Å²) >= 11 is 3.92. The maximum atomic E-state index is 2.75. The first-order valence-corrected chi connectivity index (χ1v) is 37.5. The van der Waals surface area contributed by atoms with Gasteiger partial charge in [-0.3, -0.25) is 0 Å². The number of benzene rings is 15. The van der Waals surface area contributed by atoms with Crippen molar-refractivity contribution in [3.8, 4) is 22.3 Å². The highest BCUT2D eigenvalue weighted by molar-refractivity contribution is 7.34. The first-order chi connectivity index (χ1) is 51.7. The lowest BCUT2D eigenvalue weighted by atomic mass is 9.31. The minimum Gasteiger partial charge on any atom is -0.311 e. The molecule has 4 aliphatic rings. The first-order valence-electron chi connectivity index (χ1n) is 35.8. The zero-order valence-electron chi connectivity index (χ0n) is 56.6. The number of thiophene rings is 2. The molecule has 0 aliphatic carbocycles. The molecule has 0 saturated heterocycles. The van der Waals surface area contributed by atoms with E-state index in [0.29, 0.717) is 0 Å². The molecular weight excluding hydrogens is 1300 g/mol. The van der Waals surface area contributed by atoms with Gasteiger partial charge in [-0.1, -0.05) is 254 Å². The molecule has 486 valence electrons. The Hall–Kier alpha value is -12.7. The predicted octanol–water partition coefficient (Wildman–Crippen LogP) is 22.3. The molecule has 9 heteroatoms. The van der Waals surface area contributed by atoms with Gasteiger partial charge in [-0.05, 0) is 183 Å². The minimum atomic E-state index is -0.346. The van der Waals surface area contributed by atoms with Crippen LogP contribution in [0.15, 0.2) is 376 Å². The summed E-state index contributed by atoms with van der Waals surface area (Å²) < 4.78 is 5.19. The smallest absolute Gasteiger partial charge is 0.264 e. The fourth-order valence-electron chi connectivity index (χ4n) is 17.5. The second-order valence-electron chi connectivity index (χ2n) is 27.4. The molecule has 0 saturated carbocycles. The van der Waals surface area contributed by atoms with E-state index in [4.69, 9.17) is 0 Å². The first kappa shape index (κ1) is 60.1. The molecule has 15 aromatic carbocycles. The number of anilines is 15. The molecule has 5 nitrogen and oxygen atoms in total. The molecule has 0 amide bonds. The van der Waals surface area contributed by atoms with Gasteiger partial charge in [-0.15, -0.1) is 22.7 Å². The lowest BCUT2D eigenvalue weighted by Gasteiger charge is -2.46. The zero-order valence-corrected chi connectivity index (χ0v) is 58.2. The minimum absolute atomic E-state index is 0.196. The number of para-hydroxylation sites is 7. The van der Waals surface area contributed by atoms with E-state index in [1.807, 2.05) is 22.7 Å². The molecule has 4 aliphatic heterocycles. The third-order valence-corrected chi connectivity index (χ3v) is 24.1. The molecule has 0 radical (unpaired) electrons. The van der Waals surface area contributed by atoms with E-state index in [9.17, 15) is 0 Å². The molecule has 1 atom stereocenters. The highest BCUT2D eigenvalue weighted by Crippen LogP contribution is 2.55. The second kappa shape index (κ2) is 24.6. The van der Waals surface area contributed by atoms with Crippen LogP contribution in [0.25, 0.3) is 42.4 Å². The number of nitrogens with zero attached hydrogens (tertiary/aromatic N) is 5. The summed E-state index contributed by atoms with van der Waals surface area (Å²) in [6.07, 6.45) is 0. The fraction of sp³-hybridized carbons (Fsp3) is 0.0105. The van der Waals surface area contributed by atoms with E-state index in [2.05, 4.69) is 401 Å². The van der Waals surface area contributed by atoms with Crippen molar-refractivity contribution in [3.05, 3.63) is 393 Å². The average Bonchev–Trinajstić information content (AvgIpc) is 1.16. The molecule has 2 aromatic heterocycles. The SMILES string of the molecule is c1ccc(-c2cccc(-c3ccccc3)c2C2c3cc4c(cc3B3c5sc6ccccc6c5N(c5ccccc5)c5cc(N(c6ccccc6)c6ccccc6)cc2c53)B2c3sc5ccccc5c3N(c3ccccc3)c3cc(N(c5ccccc5)c5ccccc5)cc(c32)N4c2ccccc2)cc1. The molecule has 6 heterocycles. The number of hydrogen-bond acceptors (Lipinski definition) is 7. The van der Waals surface area contributed by atoms with Crippen molar-refractivity contribution in [2.45, 2.75) is 5.92 Å². The standard InChI is InChI=1S/C95H63B2N5S2/c1-10-33-63(34-11-1)74-53-32-54-75(64-35-12-2-13-36-64)88(74)89-78-61-82-81(62-80(78)96-90-79(89)57-72(98(65-37-14-3-15-38-65)66-39-16-4-17-40-66)58-83(90)101(70-47-24-8-25-48-70)92-76-51-28-30-55-86(76)103-94(92)96)97-91-84(100(82)69-45-22-7-23-46-69)59-73(99(67-41-18-5-19-42-67)68-43-20-6-21-44-68)60-85(91)102(71-49-26-9-27-50-71)93-77-52-29-31-56-87(77)104-95(93)97/h1-62,89H. The zero-order chi connectivity index (χ0) is 68.3. The van der Waals surface area contributed by atoms with Gasteiger partial charge < -0.3 is 24.5 Å².